The second kappa shape index (κ2) is 67.1. The molecule has 1 aliphatic rings. The summed E-state index contributed by atoms with van der Waals surface area (Å²) in [5, 5.41) is 23.3. The third-order valence-electron chi connectivity index (χ3n) is 22.1. The zero-order chi connectivity index (χ0) is 90.7. The van der Waals surface area contributed by atoms with E-state index in [0.717, 1.165) is 60.1 Å². The molecule has 0 aliphatic heterocycles. The van der Waals surface area contributed by atoms with Crippen LogP contribution in [0.3, 0.4) is 0 Å². The van der Waals surface area contributed by atoms with Gasteiger partial charge in [0.1, 0.15) is 35.2 Å². The van der Waals surface area contributed by atoms with Gasteiger partial charge in [0, 0.05) is 12.1 Å². The minimum absolute atomic E-state index is 0. The Bertz CT molecular complexity index is 4980. The number of alkyl halides is 3. The van der Waals surface area contributed by atoms with Gasteiger partial charge in [-0.2, -0.15) is 13.2 Å². The van der Waals surface area contributed by atoms with Crippen molar-refractivity contribution < 1.29 is 84.0 Å². The van der Waals surface area contributed by atoms with Crippen LogP contribution in [0.4, 0.5) is 13.2 Å². The highest BCUT2D eigenvalue weighted by Crippen LogP contribution is 2.37. The Morgan fingerprint density at radius 1 is 0.403 bits per heavy atom. The van der Waals surface area contributed by atoms with Crippen molar-refractivity contribution >= 4 is 66.4 Å². The fraction of sp³-hybridized carbons (Fsp3) is 0.474. The van der Waals surface area contributed by atoms with Crippen LogP contribution in [-0.4, -0.2) is 85.9 Å². The molecule has 0 saturated carbocycles. The Morgan fingerprint density at radius 3 is 1.22 bits per heavy atom. The van der Waals surface area contributed by atoms with Crippen LogP contribution in [0.25, 0.3) is 21.5 Å². The predicted octanol–water partition coefficient (Wildman–Crippen LogP) is 33.4. The van der Waals surface area contributed by atoms with Gasteiger partial charge in [-0.05, 0) is 271 Å². The number of hydrogen-bond donors (Lipinski definition) is 2. The number of rotatable bonds is 26. The normalized spacial score (nSPS) is 12.2. The highest BCUT2D eigenvalue weighted by Gasteiger charge is 2.44. The van der Waals surface area contributed by atoms with Gasteiger partial charge >= 0.3 is 30.1 Å². The Kier molecular flexibility index (Phi) is 69.8. The van der Waals surface area contributed by atoms with E-state index in [-0.39, 0.29) is 124 Å². The highest BCUT2D eigenvalue weighted by molar-refractivity contribution is 7.97. The van der Waals surface area contributed by atoms with Crippen LogP contribution in [-0.2, 0) is 72.0 Å². The molecule has 6 unspecified atom stereocenters. The quantitative estimate of drug-likeness (QED) is 0.0223. The van der Waals surface area contributed by atoms with E-state index in [4.69, 9.17) is 24.1 Å². The predicted molar refractivity (Wildman–Crippen MR) is 566 cm³/mol. The van der Waals surface area contributed by atoms with Gasteiger partial charge in [0.25, 0.3) is 0 Å². The average Bonchev–Trinajstić information content (AvgIpc) is 0.802. The molecule has 0 spiro atoms. The van der Waals surface area contributed by atoms with Crippen molar-refractivity contribution in [1.29, 1.82) is 0 Å². The molecule has 0 heterocycles. The lowest BCUT2D eigenvalue weighted by Crippen LogP contribution is -2.40. The van der Waals surface area contributed by atoms with Gasteiger partial charge in [0.05, 0.1) is 57.2 Å². The smallest absolute Gasteiger partial charge is 0.426 e. The molecule has 10 aromatic carbocycles. The van der Waals surface area contributed by atoms with Gasteiger partial charge in [-0.25, -0.2) is 13.2 Å². The molecule has 15 nitrogen and oxygen atoms in total. The summed E-state index contributed by atoms with van der Waals surface area (Å²) >= 11 is 0. The SMILES string of the molecule is C.C.C.C.C.C.C.C.C.C.C.C.CCC(C)(C)C(=O)OC(C)c1ccc2c(c1)CCCC2.CCC(C)(C)C(=O)OC(C)c1ccccc1.CCC(C)(C)C(=O)OCC(=O)OC(CS(=O)(=O)[O-])C(F)(F)F.CCC(C)c1ccc(O)cc1.CCC(C)c1ccc2cc(O)ccc2c1.CCC(C)c1ccc2ccccc2c1.COc1cccc([S+](c2cccc(C)c2)c2cccc(OC)c2)c1. The summed E-state index contributed by atoms with van der Waals surface area (Å²) in [5.41, 5.74) is 8.68. The summed E-state index contributed by atoms with van der Waals surface area (Å²) in [5.74, 6) is -0.332. The average molecular weight is 1910 g/mol. The van der Waals surface area contributed by atoms with Crippen molar-refractivity contribution in [2.24, 2.45) is 16.2 Å². The van der Waals surface area contributed by atoms with Crippen molar-refractivity contribution in [3.05, 3.63) is 269 Å². The first-order chi connectivity index (χ1) is 57.5. The number of benzene rings is 10. The fourth-order valence-corrected chi connectivity index (χ4v) is 14.9. The Balaban J connectivity index is -0.000000229. The molecule has 10 aromatic rings. The molecule has 0 amide bonds. The van der Waals surface area contributed by atoms with E-state index in [9.17, 15) is 50.4 Å². The second-order valence-corrected chi connectivity index (χ2v) is 36.1. The summed E-state index contributed by atoms with van der Waals surface area (Å²) in [7, 11) is -2.07. The summed E-state index contributed by atoms with van der Waals surface area (Å²) in [6, 6.07) is 76.3. The molecule has 11 rings (SSSR count). The van der Waals surface area contributed by atoms with E-state index in [1.54, 1.807) is 45.4 Å². The molecule has 0 saturated heterocycles. The molecular formula is C114H177F3O15S2. The summed E-state index contributed by atoms with van der Waals surface area (Å²) in [6.45, 7) is 34.6. The standard InChI is InChI=1S/C21H21O2S.C18H26O2.C14H20O2.C14H16O.C14H16.C11H17F3O7S.C10H14O.12CH4/c1-16-7-4-10-19(13-16)24(20-11-5-8-17(14-20)22-2)21-12-6-9-18(15-21)23-3;1-5-18(3,4)17(19)20-13(2)15-11-10-14-8-6-7-9-16(14)12-15;1-5-14(3,4)13(15)16-11(2)12-9-7-6-8-10-12;1-3-10(2)11-4-5-13-9-14(15)7-6-12(13)8-11;1-3-11(2)13-9-8-12-6-4-5-7-14(12)10-13;1-4-10(2,3)9(16)20-5-8(15)21-7(11(12,13)14)6-22(17,18)19;1-3-8(2)9-4-6-10(11)7-5-9;;;;;;;;;;;;/h4-15H,1-3H3;10-13H,5-9H2,1-4H3;6-11H,5H2,1-4H3;4-10,15H,3H2,1-2H3;4-11H,3H2,1-2H3;7H,4-6H2,1-3H3,(H,17,18,19);4-8,11H,3H2,1-2H3;12*1H4/q+1;;;;;;;;;;;;;;;;;;/p-1. The number of phenolic OH excluding ortho intramolecular Hbond substituents is 2. The Hall–Kier alpha value is -10.2. The Morgan fingerprint density at radius 2 is 0.776 bits per heavy atom. The fourth-order valence-electron chi connectivity index (χ4n) is 12.0. The number of carbonyl (C=O) groups excluding carboxylic acids is 4. The molecule has 0 bridgehead atoms. The maximum atomic E-state index is 12.5. The first-order valence-electron chi connectivity index (χ1n) is 42.1. The van der Waals surface area contributed by atoms with E-state index >= 15 is 0 Å². The number of hydrogen-bond acceptors (Lipinski definition) is 15. The number of phenols is 2. The molecule has 756 valence electrons. The number of methoxy groups -OCH3 is 2. The molecular weight excluding hydrogens is 1730 g/mol. The second-order valence-electron chi connectivity index (χ2n) is 32.7. The summed E-state index contributed by atoms with van der Waals surface area (Å²) in [6.07, 6.45) is 1.66. The van der Waals surface area contributed by atoms with Gasteiger partial charge in [-0.15, -0.1) is 0 Å². The van der Waals surface area contributed by atoms with E-state index in [1.165, 1.54) is 104 Å². The van der Waals surface area contributed by atoms with E-state index in [2.05, 4.69) is 185 Å². The number of esters is 4. The van der Waals surface area contributed by atoms with Crippen LogP contribution in [0.5, 0.6) is 23.0 Å². The third kappa shape index (κ3) is 45.9. The lowest BCUT2D eigenvalue weighted by Gasteiger charge is -2.24. The molecule has 2 N–H and O–H groups in total. The maximum Gasteiger partial charge on any atom is 0.426 e. The van der Waals surface area contributed by atoms with Crippen LogP contribution in [0.2, 0.25) is 0 Å². The largest absolute Gasteiger partial charge is 0.748 e. The summed E-state index contributed by atoms with van der Waals surface area (Å²) in [4.78, 5) is 50.5. The molecule has 134 heavy (non-hydrogen) atoms. The summed E-state index contributed by atoms with van der Waals surface area (Å²) < 4.78 is 98.8. The van der Waals surface area contributed by atoms with E-state index < -0.39 is 62.9 Å². The van der Waals surface area contributed by atoms with Crippen molar-refractivity contribution in [2.45, 2.75) is 335 Å². The van der Waals surface area contributed by atoms with Crippen molar-refractivity contribution in [3.8, 4) is 23.0 Å². The number of ether oxygens (including phenoxy) is 6. The molecule has 1 aliphatic carbocycles. The zero-order valence-corrected chi connectivity index (χ0v) is 76.6. The van der Waals surface area contributed by atoms with Gasteiger partial charge in [0.2, 0.25) is 6.10 Å². The number of halogens is 3. The van der Waals surface area contributed by atoms with E-state index in [1.807, 2.05) is 128 Å². The van der Waals surface area contributed by atoms with E-state index in [0.29, 0.717) is 35.7 Å². The molecule has 6 atom stereocenters. The lowest BCUT2D eigenvalue weighted by atomic mass is 9.89. The van der Waals surface area contributed by atoms with Crippen LogP contribution in [0.1, 0.15) is 333 Å². The topological polar surface area (TPSA) is 221 Å². The molecule has 0 radical (unpaired) electrons. The maximum absolute atomic E-state index is 12.5. The number of carbonyl (C=O) groups is 4. The van der Waals surface area contributed by atoms with Gasteiger partial charge < -0.3 is 43.2 Å². The Labute approximate surface area is 815 Å². The lowest BCUT2D eigenvalue weighted by molar-refractivity contribution is -0.217. The minimum Gasteiger partial charge on any atom is -0.748 e. The van der Waals surface area contributed by atoms with Crippen LogP contribution >= 0.6 is 0 Å². The number of aromatic hydroxyl groups is 2. The van der Waals surface area contributed by atoms with Crippen LogP contribution in [0.15, 0.2) is 239 Å². The van der Waals surface area contributed by atoms with Gasteiger partial charge in [-0.1, -0.05) is 303 Å². The van der Waals surface area contributed by atoms with Crippen molar-refractivity contribution in [2.75, 3.05) is 26.6 Å². The van der Waals surface area contributed by atoms with Crippen LogP contribution in [0, 0.1) is 23.2 Å². The zero-order valence-electron chi connectivity index (χ0n) is 75.0. The highest BCUT2D eigenvalue weighted by atomic mass is 32.2. The minimum atomic E-state index is -5.27. The number of aryl methyl sites for hydroxylation is 3. The molecule has 20 heteroatoms. The first-order valence-corrected chi connectivity index (χ1v) is 44.9. The van der Waals surface area contributed by atoms with Gasteiger partial charge in [-0.3, -0.25) is 14.4 Å². The molecule has 0 aromatic heterocycles. The van der Waals surface area contributed by atoms with Gasteiger partial charge in [0.15, 0.2) is 21.3 Å². The van der Waals surface area contributed by atoms with Crippen molar-refractivity contribution in [3.63, 3.8) is 0 Å². The first kappa shape index (κ1) is 139. The molecule has 0 fully saturated rings. The third-order valence-corrected chi connectivity index (χ3v) is 25.0. The number of fused-ring (bicyclic) bond motifs is 3. The monoisotopic (exact) mass is 1910 g/mol. The van der Waals surface area contributed by atoms with Crippen LogP contribution < -0.4 is 9.47 Å². The van der Waals surface area contributed by atoms with Crippen molar-refractivity contribution in [1.82, 2.24) is 0 Å².